The van der Waals surface area contributed by atoms with E-state index in [4.69, 9.17) is 0 Å². The van der Waals surface area contributed by atoms with Crippen molar-refractivity contribution in [2.75, 3.05) is 25.0 Å². The molecule has 1 aliphatic rings. The van der Waals surface area contributed by atoms with Crippen LogP contribution in [-0.4, -0.2) is 35.6 Å². The number of benzene rings is 2. The minimum absolute atomic E-state index is 0.0461. The van der Waals surface area contributed by atoms with E-state index < -0.39 is 17.0 Å². The van der Waals surface area contributed by atoms with Crippen molar-refractivity contribution < 1.29 is 18.7 Å². The van der Waals surface area contributed by atoms with Crippen LogP contribution in [0.2, 0.25) is 0 Å². The van der Waals surface area contributed by atoms with Gasteiger partial charge < -0.3 is 10.4 Å². The lowest BCUT2D eigenvalue weighted by atomic mass is 9.82. The molecule has 1 unspecified atom stereocenters. The number of halogens is 2. The first kappa shape index (κ1) is 18.5. The molecule has 26 heavy (non-hydrogen) atoms. The molecule has 6 heteroatoms. The molecule has 0 aromatic heterocycles. The third-order valence-corrected chi connectivity index (χ3v) is 4.93. The van der Waals surface area contributed by atoms with E-state index >= 15 is 0 Å². The minimum atomic E-state index is -0.809. The van der Waals surface area contributed by atoms with Gasteiger partial charge >= 0.3 is 0 Å². The summed E-state index contributed by atoms with van der Waals surface area (Å²) in [7, 11) is 0. The largest absolute Gasteiger partial charge is 0.396 e. The summed E-state index contributed by atoms with van der Waals surface area (Å²) in [6, 6.07) is 13.0. The summed E-state index contributed by atoms with van der Waals surface area (Å²) >= 11 is 0. The van der Waals surface area contributed by atoms with Crippen LogP contribution in [0.25, 0.3) is 0 Å². The van der Waals surface area contributed by atoms with Crippen molar-refractivity contribution in [2.24, 2.45) is 5.41 Å². The molecular weight excluding hydrogens is 338 g/mol. The van der Waals surface area contributed by atoms with Crippen LogP contribution in [0.15, 0.2) is 48.5 Å². The summed E-state index contributed by atoms with van der Waals surface area (Å²) < 4.78 is 26.9. The molecule has 1 amide bonds. The summed E-state index contributed by atoms with van der Waals surface area (Å²) in [4.78, 5) is 15.0. The van der Waals surface area contributed by atoms with Crippen molar-refractivity contribution in [3.63, 3.8) is 0 Å². The Morgan fingerprint density at radius 2 is 1.96 bits per heavy atom. The summed E-state index contributed by atoms with van der Waals surface area (Å²) in [5, 5.41) is 12.0. The van der Waals surface area contributed by atoms with Crippen LogP contribution >= 0.6 is 0 Å². The van der Waals surface area contributed by atoms with Crippen LogP contribution in [0, 0.1) is 17.0 Å². The molecule has 2 N–H and O–H groups in total. The molecule has 1 saturated heterocycles. The maximum absolute atomic E-state index is 13.9. The van der Waals surface area contributed by atoms with Gasteiger partial charge in [-0.25, -0.2) is 8.78 Å². The molecule has 1 atom stereocenters. The fourth-order valence-corrected chi connectivity index (χ4v) is 3.50. The highest BCUT2D eigenvalue weighted by Gasteiger charge is 2.44. The third-order valence-electron chi connectivity index (χ3n) is 4.93. The van der Waals surface area contributed by atoms with Crippen molar-refractivity contribution in [1.29, 1.82) is 0 Å². The van der Waals surface area contributed by atoms with E-state index in [1.165, 1.54) is 6.07 Å². The number of amides is 1. The molecule has 0 aliphatic carbocycles. The number of nitrogens with one attached hydrogen (secondary N) is 1. The van der Waals surface area contributed by atoms with Crippen molar-refractivity contribution >= 4 is 11.6 Å². The van der Waals surface area contributed by atoms with Crippen LogP contribution in [-0.2, 0) is 11.3 Å². The molecule has 1 fully saturated rings. The predicted octanol–water partition coefficient (Wildman–Crippen LogP) is 3.18. The number of carbonyl (C=O) groups is 1. The average molecular weight is 360 g/mol. The molecule has 0 bridgehead atoms. The molecule has 3 rings (SSSR count). The highest BCUT2D eigenvalue weighted by Crippen LogP contribution is 2.36. The normalized spacial score (nSPS) is 20.3. The second kappa shape index (κ2) is 7.93. The van der Waals surface area contributed by atoms with Crippen LogP contribution < -0.4 is 5.32 Å². The molecule has 138 valence electrons. The fraction of sp³-hybridized carbons (Fsp3) is 0.350. The van der Waals surface area contributed by atoms with E-state index in [2.05, 4.69) is 10.2 Å². The highest BCUT2D eigenvalue weighted by molar-refractivity contribution is 5.95. The van der Waals surface area contributed by atoms with Crippen LogP contribution in [0.4, 0.5) is 14.5 Å². The Kier molecular flexibility index (Phi) is 5.64. The fourth-order valence-electron chi connectivity index (χ4n) is 3.50. The molecule has 0 spiro atoms. The summed E-state index contributed by atoms with van der Waals surface area (Å²) in [6.45, 7) is 1.79. The molecule has 0 radical (unpaired) electrons. The Labute approximate surface area is 151 Å². The number of nitrogens with zero attached hydrogens (tertiary/aromatic N) is 1. The number of aliphatic hydroxyl groups excluding tert-OH is 1. The Bertz CT molecular complexity index is 770. The first-order valence-electron chi connectivity index (χ1n) is 8.66. The monoisotopic (exact) mass is 360 g/mol. The van der Waals surface area contributed by atoms with Crippen molar-refractivity contribution in [2.45, 2.75) is 19.4 Å². The SMILES string of the molecule is O=C(Nc1ccc(F)cc1F)C1(CCO)CCN(Cc2ccccc2)C1. The van der Waals surface area contributed by atoms with E-state index in [-0.39, 0.29) is 18.2 Å². The molecule has 2 aromatic rings. The van der Waals surface area contributed by atoms with Gasteiger partial charge in [0, 0.05) is 25.8 Å². The summed E-state index contributed by atoms with van der Waals surface area (Å²) in [5.74, 6) is -1.84. The number of rotatable bonds is 6. The summed E-state index contributed by atoms with van der Waals surface area (Å²) in [5.41, 5.74) is 0.317. The van der Waals surface area contributed by atoms with Crippen LogP contribution in [0.5, 0.6) is 0 Å². The van der Waals surface area contributed by atoms with Crippen molar-refractivity contribution in [3.8, 4) is 0 Å². The highest BCUT2D eigenvalue weighted by atomic mass is 19.1. The molecular formula is C20H22F2N2O2. The van der Waals surface area contributed by atoms with E-state index in [9.17, 15) is 18.7 Å². The average Bonchev–Trinajstić information content (AvgIpc) is 3.02. The van der Waals surface area contributed by atoms with E-state index in [0.717, 1.165) is 17.7 Å². The number of carbonyl (C=O) groups excluding carboxylic acids is 1. The Morgan fingerprint density at radius 1 is 1.19 bits per heavy atom. The van der Waals surface area contributed by atoms with Gasteiger partial charge in [0.15, 0.2) is 0 Å². The zero-order valence-corrected chi connectivity index (χ0v) is 14.4. The second-order valence-corrected chi connectivity index (χ2v) is 6.78. The molecule has 2 aromatic carbocycles. The maximum atomic E-state index is 13.9. The quantitative estimate of drug-likeness (QED) is 0.832. The topological polar surface area (TPSA) is 52.6 Å². The first-order valence-corrected chi connectivity index (χ1v) is 8.66. The molecule has 4 nitrogen and oxygen atoms in total. The van der Waals surface area contributed by atoms with Gasteiger partial charge in [-0.15, -0.1) is 0 Å². The Balaban J connectivity index is 1.72. The van der Waals surface area contributed by atoms with Crippen LogP contribution in [0.3, 0.4) is 0 Å². The van der Waals surface area contributed by atoms with Gasteiger partial charge in [-0.05, 0) is 37.1 Å². The van der Waals surface area contributed by atoms with Gasteiger partial charge in [-0.1, -0.05) is 30.3 Å². The number of hydrogen-bond donors (Lipinski definition) is 2. The van der Waals surface area contributed by atoms with E-state index in [1.807, 2.05) is 30.3 Å². The van der Waals surface area contributed by atoms with Gasteiger partial charge in [0.1, 0.15) is 11.6 Å². The zero-order chi connectivity index (χ0) is 18.6. The number of likely N-dealkylation sites (tertiary alicyclic amines) is 1. The second-order valence-electron chi connectivity index (χ2n) is 6.78. The lowest BCUT2D eigenvalue weighted by Crippen LogP contribution is -2.40. The smallest absolute Gasteiger partial charge is 0.232 e. The lowest BCUT2D eigenvalue weighted by molar-refractivity contribution is -0.126. The lowest BCUT2D eigenvalue weighted by Gasteiger charge is -2.28. The number of hydrogen-bond acceptors (Lipinski definition) is 3. The summed E-state index contributed by atoms with van der Waals surface area (Å²) in [6.07, 6.45) is 0.877. The van der Waals surface area contributed by atoms with Crippen LogP contribution in [0.1, 0.15) is 18.4 Å². The molecule has 1 aliphatic heterocycles. The number of aliphatic hydroxyl groups is 1. The van der Waals surface area contributed by atoms with E-state index in [1.54, 1.807) is 0 Å². The van der Waals surface area contributed by atoms with Crippen molar-refractivity contribution in [1.82, 2.24) is 4.90 Å². The minimum Gasteiger partial charge on any atom is -0.396 e. The van der Waals surface area contributed by atoms with Gasteiger partial charge in [0.2, 0.25) is 5.91 Å². The van der Waals surface area contributed by atoms with Crippen molar-refractivity contribution in [3.05, 3.63) is 65.7 Å². The maximum Gasteiger partial charge on any atom is 0.232 e. The number of anilines is 1. The third kappa shape index (κ3) is 4.08. The molecule has 0 saturated carbocycles. The Morgan fingerprint density at radius 3 is 2.65 bits per heavy atom. The van der Waals surface area contributed by atoms with Gasteiger partial charge in [-0.2, -0.15) is 0 Å². The standard InChI is InChI=1S/C20H22F2N2O2/c21-16-6-7-18(17(22)12-16)23-19(26)20(9-11-25)8-10-24(14-20)13-15-4-2-1-3-5-15/h1-7,12,25H,8-11,13-14H2,(H,23,26). The van der Waals surface area contributed by atoms with Gasteiger partial charge in [-0.3, -0.25) is 9.69 Å². The zero-order valence-electron chi connectivity index (χ0n) is 14.4. The van der Waals surface area contributed by atoms with Gasteiger partial charge in [0.05, 0.1) is 11.1 Å². The first-order chi connectivity index (χ1) is 12.5. The molecule has 1 heterocycles. The van der Waals surface area contributed by atoms with E-state index in [0.29, 0.717) is 32.5 Å². The predicted molar refractivity (Wildman–Crippen MR) is 95.5 cm³/mol. The Hall–Kier alpha value is -2.31. The van der Waals surface area contributed by atoms with Gasteiger partial charge in [0.25, 0.3) is 0 Å².